The Bertz CT molecular complexity index is 1050. The molecule has 0 aliphatic heterocycles. The van der Waals surface area contributed by atoms with Crippen LogP contribution in [0.15, 0.2) is 58.7 Å². The predicted molar refractivity (Wildman–Crippen MR) is 114 cm³/mol. The normalized spacial score (nSPS) is 10.4. The van der Waals surface area contributed by atoms with Crippen LogP contribution in [0.5, 0.6) is 5.75 Å². The van der Waals surface area contributed by atoms with Gasteiger partial charge in [-0.05, 0) is 55.5 Å². The summed E-state index contributed by atoms with van der Waals surface area (Å²) in [5.41, 5.74) is 2.57. The van der Waals surface area contributed by atoms with E-state index in [0.29, 0.717) is 29.2 Å². The van der Waals surface area contributed by atoms with Gasteiger partial charge in [0.25, 0.3) is 5.91 Å². The Balaban J connectivity index is 1.54. The van der Waals surface area contributed by atoms with Gasteiger partial charge < -0.3 is 19.9 Å². The molecule has 0 saturated carbocycles. The van der Waals surface area contributed by atoms with Gasteiger partial charge in [0.15, 0.2) is 0 Å². The van der Waals surface area contributed by atoms with E-state index in [0.717, 1.165) is 17.0 Å². The van der Waals surface area contributed by atoms with Crippen molar-refractivity contribution in [2.75, 3.05) is 17.7 Å². The first kappa shape index (κ1) is 20.3. The van der Waals surface area contributed by atoms with Gasteiger partial charge in [-0.3, -0.25) is 14.4 Å². The van der Waals surface area contributed by atoms with Crippen LogP contribution in [0.3, 0.4) is 0 Å². The number of amides is 2. The Morgan fingerprint density at radius 1 is 1.00 bits per heavy atom. The Morgan fingerprint density at radius 3 is 2.21 bits per heavy atom. The highest BCUT2D eigenvalue weighted by atomic mass is 32.1. The van der Waals surface area contributed by atoms with Crippen LogP contribution >= 0.6 is 11.3 Å². The summed E-state index contributed by atoms with van der Waals surface area (Å²) in [6.07, 6.45) is 0.192. The van der Waals surface area contributed by atoms with Gasteiger partial charge in [-0.15, -0.1) is 0 Å². The molecule has 2 N–H and O–H groups in total. The van der Waals surface area contributed by atoms with Gasteiger partial charge in [-0.25, -0.2) is 0 Å². The summed E-state index contributed by atoms with van der Waals surface area (Å²) in [6, 6.07) is 13.7. The third kappa shape index (κ3) is 5.32. The molecule has 0 bridgehead atoms. The largest absolute Gasteiger partial charge is 0.497 e. The highest BCUT2D eigenvalue weighted by Crippen LogP contribution is 2.17. The fourth-order valence-corrected chi connectivity index (χ4v) is 3.46. The Hall–Kier alpha value is -3.39. The van der Waals surface area contributed by atoms with Crippen LogP contribution < -0.4 is 20.2 Å². The van der Waals surface area contributed by atoms with E-state index in [1.165, 1.54) is 0 Å². The molecule has 2 aromatic carbocycles. The molecule has 1 aromatic heterocycles. The molecule has 2 amide bonds. The third-order valence-corrected chi connectivity index (χ3v) is 5.20. The number of nitrogens with zero attached hydrogens (tertiary/aromatic N) is 1. The van der Waals surface area contributed by atoms with E-state index in [-0.39, 0.29) is 23.1 Å². The molecule has 29 heavy (non-hydrogen) atoms. The molecular formula is C21H21N3O4S. The number of aromatic nitrogens is 1. The number of nitrogens with one attached hydrogen (secondary N) is 2. The number of benzene rings is 2. The van der Waals surface area contributed by atoms with Gasteiger partial charge in [0.05, 0.1) is 7.11 Å². The van der Waals surface area contributed by atoms with Gasteiger partial charge in [-0.2, -0.15) is 0 Å². The Morgan fingerprint density at radius 2 is 1.62 bits per heavy atom. The van der Waals surface area contributed by atoms with Crippen LogP contribution in [0.25, 0.3) is 0 Å². The first-order valence-electron chi connectivity index (χ1n) is 8.96. The van der Waals surface area contributed by atoms with Crippen molar-refractivity contribution in [1.29, 1.82) is 0 Å². The molecule has 3 rings (SSSR count). The molecule has 7 nitrogen and oxygen atoms in total. The van der Waals surface area contributed by atoms with Crippen LogP contribution in [-0.2, 0) is 11.3 Å². The lowest BCUT2D eigenvalue weighted by atomic mass is 10.2. The number of thiazole rings is 1. The minimum absolute atomic E-state index is 0.0671. The number of hydrogen-bond acceptors (Lipinski definition) is 5. The molecule has 150 valence electrons. The third-order valence-electron chi connectivity index (χ3n) is 4.32. The Kier molecular flexibility index (Phi) is 6.46. The molecule has 0 fully saturated rings. The monoisotopic (exact) mass is 411 g/mol. The zero-order chi connectivity index (χ0) is 20.8. The maximum absolute atomic E-state index is 12.3. The second-order valence-electron chi connectivity index (χ2n) is 6.35. The maximum Gasteiger partial charge on any atom is 0.307 e. The first-order chi connectivity index (χ1) is 14.0. The average Bonchev–Trinajstić information content (AvgIpc) is 3.05. The fourth-order valence-electron chi connectivity index (χ4n) is 2.69. The van der Waals surface area contributed by atoms with Crippen molar-refractivity contribution in [3.8, 4) is 5.75 Å². The SMILES string of the molecule is COc1ccc(NC(=O)c2ccc(NC(=O)CCn3c(C)csc3=O)cc2)cc1. The molecular weight excluding hydrogens is 390 g/mol. The summed E-state index contributed by atoms with van der Waals surface area (Å²) < 4.78 is 6.67. The van der Waals surface area contributed by atoms with Crippen molar-refractivity contribution in [2.24, 2.45) is 0 Å². The minimum atomic E-state index is -0.250. The highest BCUT2D eigenvalue weighted by Gasteiger charge is 2.09. The van der Waals surface area contributed by atoms with Gasteiger partial charge in [0.1, 0.15) is 5.75 Å². The smallest absolute Gasteiger partial charge is 0.307 e. The molecule has 0 unspecified atom stereocenters. The number of hydrogen-bond donors (Lipinski definition) is 2. The number of ether oxygens (including phenoxy) is 1. The predicted octanol–water partition coefficient (Wildman–Crippen LogP) is 3.51. The standard InChI is InChI=1S/C21H21N3O4S/c1-14-13-29-21(27)24(14)12-11-19(25)22-16-5-3-15(4-6-16)20(26)23-17-7-9-18(28-2)10-8-17/h3-10,13H,11-12H2,1-2H3,(H,22,25)(H,23,26). The fraction of sp³-hybridized carbons (Fsp3) is 0.190. The lowest BCUT2D eigenvalue weighted by molar-refractivity contribution is -0.116. The van der Waals surface area contributed by atoms with Crippen molar-refractivity contribution >= 4 is 34.5 Å². The van der Waals surface area contributed by atoms with E-state index in [1.807, 2.05) is 6.92 Å². The van der Waals surface area contributed by atoms with Crippen LogP contribution in [-0.4, -0.2) is 23.5 Å². The molecule has 0 aliphatic carbocycles. The van der Waals surface area contributed by atoms with Crippen molar-refractivity contribution in [2.45, 2.75) is 19.9 Å². The number of rotatable bonds is 7. The number of methoxy groups -OCH3 is 1. The van der Waals surface area contributed by atoms with Crippen LogP contribution in [0.2, 0.25) is 0 Å². The average molecular weight is 411 g/mol. The summed E-state index contributed by atoms with van der Waals surface area (Å²) in [5, 5.41) is 7.35. The van der Waals surface area contributed by atoms with E-state index in [1.54, 1.807) is 65.6 Å². The number of carbonyl (C=O) groups excluding carboxylic acids is 2. The van der Waals surface area contributed by atoms with Gasteiger partial charge in [0.2, 0.25) is 5.91 Å². The number of anilines is 2. The van der Waals surface area contributed by atoms with Crippen LogP contribution in [0.4, 0.5) is 11.4 Å². The summed E-state index contributed by atoms with van der Waals surface area (Å²) in [5.74, 6) is 0.264. The summed E-state index contributed by atoms with van der Waals surface area (Å²) in [6.45, 7) is 2.17. The van der Waals surface area contributed by atoms with E-state index in [4.69, 9.17) is 4.74 Å². The zero-order valence-corrected chi connectivity index (χ0v) is 16.9. The molecule has 0 radical (unpaired) electrons. The molecule has 0 atom stereocenters. The summed E-state index contributed by atoms with van der Waals surface area (Å²) >= 11 is 1.12. The Labute approximate surface area is 172 Å². The van der Waals surface area contributed by atoms with Gasteiger partial charge >= 0.3 is 4.87 Å². The van der Waals surface area contributed by atoms with E-state index < -0.39 is 0 Å². The maximum atomic E-state index is 12.3. The highest BCUT2D eigenvalue weighted by molar-refractivity contribution is 7.07. The van der Waals surface area contributed by atoms with Crippen molar-refractivity contribution in [3.05, 3.63) is 74.8 Å². The minimum Gasteiger partial charge on any atom is -0.497 e. The summed E-state index contributed by atoms with van der Waals surface area (Å²) in [7, 11) is 1.58. The van der Waals surface area contributed by atoms with E-state index in [9.17, 15) is 14.4 Å². The number of carbonyl (C=O) groups is 2. The molecule has 3 aromatic rings. The number of aryl methyl sites for hydroxylation is 1. The molecule has 1 heterocycles. The van der Waals surface area contributed by atoms with Crippen LogP contribution in [0.1, 0.15) is 22.5 Å². The quantitative estimate of drug-likeness (QED) is 0.623. The van der Waals surface area contributed by atoms with Crippen molar-refractivity contribution < 1.29 is 14.3 Å². The lowest BCUT2D eigenvalue weighted by Crippen LogP contribution is -2.20. The molecule has 0 saturated heterocycles. The van der Waals surface area contributed by atoms with E-state index in [2.05, 4.69) is 10.6 Å². The second kappa shape index (κ2) is 9.20. The van der Waals surface area contributed by atoms with Crippen molar-refractivity contribution in [3.63, 3.8) is 0 Å². The molecule has 0 aliphatic rings. The topological polar surface area (TPSA) is 89.4 Å². The van der Waals surface area contributed by atoms with Crippen LogP contribution in [0, 0.1) is 6.92 Å². The lowest BCUT2D eigenvalue weighted by Gasteiger charge is -2.09. The second-order valence-corrected chi connectivity index (χ2v) is 7.17. The van der Waals surface area contributed by atoms with Gasteiger partial charge in [-0.1, -0.05) is 11.3 Å². The molecule has 0 spiro atoms. The van der Waals surface area contributed by atoms with Gasteiger partial charge in [0, 0.05) is 41.0 Å². The van der Waals surface area contributed by atoms with Crippen molar-refractivity contribution in [1.82, 2.24) is 4.57 Å². The zero-order valence-electron chi connectivity index (χ0n) is 16.1. The molecule has 8 heteroatoms. The summed E-state index contributed by atoms with van der Waals surface area (Å²) in [4.78, 5) is 36.1. The van der Waals surface area contributed by atoms with E-state index >= 15 is 0 Å². The first-order valence-corrected chi connectivity index (χ1v) is 9.84.